The minimum absolute atomic E-state index is 0.0158. The van der Waals surface area contributed by atoms with E-state index in [0.29, 0.717) is 34.8 Å². The van der Waals surface area contributed by atoms with E-state index in [1.165, 1.54) is 0 Å². The van der Waals surface area contributed by atoms with Crippen LogP contribution in [-0.4, -0.2) is 39.6 Å². The summed E-state index contributed by atoms with van der Waals surface area (Å²) in [4.78, 5) is 30.0. The predicted molar refractivity (Wildman–Crippen MR) is 109 cm³/mol. The number of aromatic nitrogens is 2. The average Bonchev–Trinajstić information content (AvgIpc) is 3.05. The number of carbonyl (C=O) groups is 1. The van der Waals surface area contributed by atoms with Crippen LogP contribution in [0.3, 0.4) is 0 Å². The van der Waals surface area contributed by atoms with Gasteiger partial charge in [-0.25, -0.2) is 0 Å². The topological polar surface area (TPSA) is 67.3 Å². The van der Waals surface area contributed by atoms with Gasteiger partial charge < -0.3 is 19.2 Å². The molecule has 3 aromatic rings. The van der Waals surface area contributed by atoms with Crippen molar-refractivity contribution in [2.24, 2.45) is 7.05 Å². The van der Waals surface area contributed by atoms with Crippen molar-refractivity contribution >= 4 is 28.4 Å². The Labute approximate surface area is 167 Å². The van der Waals surface area contributed by atoms with Crippen molar-refractivity contribution in [1.82, 2.24) is 14.5 Å². The minimum atomic E-state index is -0.235. The van der Waals surface area contributed by atoms with Crippen LogP contribution in [0.25, 0.3) is 10.9 Å². The van der Waals surface area contributed by atoms with Crippen molar-refractivity contribution in [2.75, 3.05) is 13.1 Å². The SMILES string of the molecule is Cc1c[nH]c(=O)c2c(C(=O)N3CCC(Oc4ccccc4Cl)CC3)cn(C)c12. The third kappa shape index (κ3) is 3.29. The van der Waals surface area contributed by atoms with Crippen molar-refractivity contribution in [2.45, 2.75) is 25.9 Å². The van der Waals surface area contributed by atoms with Crippen molar-refractivity contribution in [1.29, 1.82) is 0 Å². The fourth-order valence-electron chi connectivity index (χ4n) is 3.88. The first-order chi connectivity index (χ1) is 13.5. The number of fused-ring (bicyclic) bond motifs is 1. The summed E-state index contributed by atoms with van der Waals surface area (Å²) in [6.45, 7) is 3.08. The molecule has 0 unspecified atom stereocenters. The number of piperidine rings is 1. The van der Waals surface area contributed by atoms with E-state index in [-0.39, 0.29) is 17.6 Å². The van der Waals surface area contributed by atoms with E-state index in [1.807, 2.05) is 36.7 Å². The van der Waals surface area contributed by atoms with Gasteiger partial charge in [0, 0.05) is 45.4 Å². The van der Waals surface area contributed by atoms with Gasteiger partial charge >= 0.3 is 0 Å². The van der Waals surface area contributed by atoms with Gasteiger partial charge in [-0.2, -0.15) is 0 Å². The number of rotatable bonds is 3. The number of carbonyl (C=O) groups excluding carboxylic acids is 1. The van der Waals surface area contributed by atoms with Crippen molar-refractivity contribution in [3.8, 4) is 5.75 Å². The van der Waals surface area contributed by atoms with Crippen LogP contribution >= 0.6 is 11.6 Å². The molecule has 28 heavy (non-hydrogen) atoms. The van der Waals surface area contributed by atoms with Crippen LogP contribution in [0.15, 0.2) is 41.5 Å². The lowest BCUT2D eigenvalue weighted by Gasteiger charge is -2.32. The van der Waals surface area contributed by atoms with Gasteiger partial charge in [-0.1, -0.05) is 23.7 Å². The number of nitrogens with zero attached hydrogens (tertiary/aromatic N) is 2. The number of para-hydroxylation sites is 1. The molecule has 4 rings (SSSR count). The molecule has 1 saturated heterocycles. The highest BCUT2D eigenvalue weighted by Crippen LogP contribution is 2.28. The molecule has 146 valence electrons. The van der Waals surface area contributed by atoms with E-state index in [1.54, 1.807) is 23.4 Å². The second-order valence-corrected chi connectivity index (χ2v) is 7.63. The Kier molecular flexibility index (Phi) is 4.89. The van der Waals surface area contributed by atoms with E-state index in [2.05, 4.69) is 4.98 Å². The number of H-pyrrole nitrogens is 1. The van der Waals surface area contributed by atoms with Gasteiger partial charge in [-0.15, -0.1) is 0 Å². The summed E-state index contributed by atoms with van der Waals surface area (Å²) < 4.78 is 7.85. The maximum absolute atomic E-state index is 13.1. The number of hydrogen-bond donors (Lipinski definition) is 1. The van der Waals surface area contributed by atoms with E-state index >= 15 is 0 Å². The van der Waals surface area contributed by atoms with Crippen molar-refractivity contribution in [3.05, 3.63) is 63.2 Å². The van der Waals surface area contributed by atoms with Crippen LogP contribution in [0.2, 0.25) is 5.02 Å². The van der Waals surface area contributed by atoms with Gasteiger partial charge in [-0.05, 0) is 24.6 Å². The third-order valence-corrected chi connectivity index (χ3v) is 5.60. The first kappa shape index (κ1) is 18.6. The zero-order chi connectivity index (χ0) is 19.8. The molecule has 1 N–H and O–H groups in total. The van der Waals surface area contributed by atoms with Crippen LogP contribution < -0.4 is 10.3 Å². The first-order valence-corrected chi connectivity index (χ1v) is 9.71. The van der Waals surface area contributed by atoms with Gasteiger partial charge in [0.1, 0.15) is 11.9 Å². The van der Waals surface area contributed by atoms with Crippen LogP contribution in [0.1, 0.15) is 28.8 Å². The summed E-state index contributed by atoms with van der Waals surface area (Å²) in [5, 5.41) is 1.05. The van der Waals surface area contributed by atoms with Crippen molar-refractivity contribution < 1.29 is 9.53 Å². The average molecular weight is 400 g/mol. The summed E-state index contributed by atoms with van der Waals surface area (Å²) in [6.07, 6.45) is 4.88. The second-order valence-electron chi connectivity index (χ2n) is 7.22. The Bertz CT molecular complexity index is 1090. The number of aromatic amines is 1. The summed E-state index contributed by atoms with van der Waals surface area (Å²) in [5.74, 6) is 0.558. The van der Waals surface area contributed by atoms with Crippen LogP contribution in [0, 0.1) is 6.92 Å². The normalized spacial score (nSPS) is 15.2. The molecular formula is C21H22ClN3O3. The molecule has 0 aliphatic carbocycles. The Morgan fingerprint density at radius 3 is 2.68 bits per heavy atom. The number of aryl methyl sites for hydroxylation is 2. The molecule has 1 amide bonds. The van der Waals surface area contributed by atoms with E-state index in [4.69, 9.17) is 16.3 Å². The lowest BCUT2D eigenvalue weighted by Crippen LogP contribution is -2.42. The Hall–Kier alpha value is -2.73. The molecule has 0 bridgehead atoms. The van der Waals surface area contributed by atoms with Gasteiger partial charge in [0.05, 0.1) is 21.5 Å². The predicted octanol–water partition coefficient (Wildman–Crippen LogP) is 3.51. The highest BCUT2D eigenvalue weighted by atomic mass is 35.5. The molecule has 1 aromatic carbocycles. The molecule has 3 heterocycles. The minimum Gasteiger partial charge on any atom is -0.489 e. The Morgan fingerprint density at radius 2 is 1.96 bits per heavy atom. The lowest BCUT2D eigenvalue weighted by molar-refractivity contribution is 0.0597. The zero-order valence-corrected chi connectivity index (χ0v) is 16.6. The quantitative estimate of drug-likeness (QED) is 0.732. The largest absolute Gasteiger partial charge is 0.489 e. The molecule has 0 radical (unpaired) electrons. The van der Waals surface area contributed by atoms with E-state index < -0.39 is 0 Å². The lowest BCUT2D eigenvalue weighted by atomic mass is 10.1. The molecular weight excluding hydrogens is 378 g/mol. The Balaban J connectivity index is 1.51. The molecule has 1 aliphatic rings. The van der Waals surface area contributed by atoms with Gasteiger partial charge in [0.2, 0.25) is 0 Å². The number of hydrogen-bond acceptors (Lipinski definition) is 3. The zero-order valence-electron chi connectivity index (χ0n) is 15.9. The molecule has 6 nitrogen and oxygen atoms in total. The summed E-state index contributed by atoms with van der Waals surface area (Å²) in [7, 11) is 1.86. The highest BCUT2D eigenvalue weighted by Gasteiger charge is 2.28. The highest BCUT2D eigenvalue weighted by molar-refractivity contribution is 6.32. The van der Waals surface area contributed by atoms with Gasteiger partial charge in [0.25, 0.3) is 11.5 Å². The fraction of sp³-hybridized carbons (Fsp3) is 0.333. The maximum Gasteiger partial charge on any atom is 0.258 e. The molecule has 0 spiro atoms. The fourth-order valence-corrected chi connectivity index (χ4v) is 4.06. The van der Waals surface area contributed by atoms with E-state index in [9.17, 15) is 9.59 Å². The molecule has 7 heteroatoms. The molecule has 0 saturated carbocycles. The summed E-state index contributed by atoms with van der Waals surface area (Å²) in [5.41, 5.74) is 1.95. The number of pyridine rings is 1. The number of nitrogens with one attached hydrogen (secondary N) is 1. The number of benzene rings is 1. The third-order valence-electron chi connectivity index (χ3n) is 5.29. The van der Waals surface area contributed by atoms with Gasteiger partial charge in [0.15, 0.2) is 0 Å². The van der Waals surface area contributed by atoms with Crippen LogP contribution in [-0.2, 0) is 7.05 Å². The van der Waals surface area contributed by atoms with Gasteiger partial charge in [-0.3, -0.25) is 9.59 Å². The Morgan fingerprint density at radius 1 is 1.25 bits per heavy atom. The summed E-state index contributed by atoms with van der Waals surface area (Å²) in [6, 6.07) is 7.41. The number of ether oxygens (including phenoxy) is 1. The number of halogens is 1. The number of amides is 1. The van der Waals surface area contributed by atoms with Crippen LogP contribution in [0.5, 0.6) is 5.75 Å². The summed E-state index contributed by atoms with van der Waals surface area (Å²) >= 11 is 6.16. The first-order valence-electron chi connectivity index (χ1n) is 9.33. The molecule has 2 aromatic heterocycles. The second kappa shape index (κ2) is 7.36. The smallest absolute Gasteiger partial charge is 0.258 e. The van der Waals surface area contributed by atoms with E-state index in [0.717, 1.165) is 23.9 Å². The maximum atomic E-state index is 13.1. The number of likely N-dealkylation sites (tertiary alicyclic amines) is 1. The molecule has 1 aliphatic heterocycles. The van der Waals surface area contributed by atoms with Crippen molar-refractivity contribution in [3.63, 3.8) is 0 Å². The molecule has 0 atom stereocenters. The standard InChI is InChI=1S/C21H22ClN3O3/c1-13-11-23-20(26)18-15(12-24(2)19(13)18)21(27)25-9-7-14(8-10-25)28-17-6-4-3-5-16(17)22/h3-6,11-12,14H,7-10H2,1-2H3,(H,23,26). The monoisotopic (exact) mass is 399 g/mol. The molecule has 1 fully saturated rings. The van der Waals surface area contributed by atoms with Crippen LogP contribution in [0.4, 0.5) is 0 Å².